The van der Waals surface area contributed by atoms with Crippen LogP contribution in [0.3, 0.4) is 0 Å². The second kappa shape index (κ2) is 5.50. The summed E-state index contributed by atoms with van der Waals surface area (Å²) in [6.07, 6.45) is 0. The lowest BCUT2D eigenvalue weighted by atomic mass is 10.3. The molecular formula is C11H7BrClFN4O. The zero-order chi connectivity index (χ0) is 14.0. The van der Waals surface area contributed by atoms with Crippen molar-refractivity contribution >= 4 is 44.9 Å². The van der Waals surface area contributed by atoms with Gasteiger partial charge in [0.25, 0.3) is 5.91 Å². The molecule has 0 aliphatic rings. The Morgan fingerprint density at radius 2 is 2.11 bits per heavy atom. The number of nitrogens with one attached hydrogen (secondary N) is 1. The molecule has 0 fully saturated rings. The number of nitrogens with zero attached hydrogens (tertiary/aromatic N) is 2. The zero-order valence-electron chi connectivity index (χ0n) is 9.32. The first-order valence-electron chi connectivity index (χ1n) is 5.02. The molecule has 8 heteroatoms. The van der Waals surface area contributed by atoms with Crippen molar-refractivity contribution in [3.63, 3.8) is 0 Å². The molecule has 0 atom stereocenters. The summed E-state index contributed by atoms with van der Waals surface area (Å²) in [5.74, 6) is -0.832. The first-order valence-corrected chi connectivity index (χ1v) is 6.19. The molecule has 1 amide bonds. The van der Waals surface area contributed by atoms with Gasteiger partial charge >= 0.3 is 0 Å². The van der Waals surface area contributed by atoms with Crippen molar-refractivity contribution in [3.8, 4) is 0 Å². The van der Waals surface area contributed by atoms with Gasteiger partial charge in [-0.15, -0.1) is 10.2 Å². The van der Waals surface area contributed by atoms with Gasteiger partial charge in [0.2, 0.25) is 0 Å². The van der Waals surface area contributed by atoms with Crippen LogP contribution >= 0.6 is 27.5 Å². The van der Waals surface area contributed by atoms with Crippen molar-refractivity contribution in [1.29, 1.82) is 0 Å². The van der Waals surface area contributed by atoms with Crippen molar-refractivity contribution in [1.82, 2.24) is 10.2 Å². The number of rotatable bonds is 2. The largest absolute Gasteiger partial charge is 0.382 e. The van der Waals surface area contributed by atoms with E-state index in [1.165, 1.54) is 18.2 Å². The third kappa shape index (κ3) is 3.18. The molecule has 0 unspecified atom stereocenters. The molecule has 2 rings (SSSR count). The summed E-state index contributed by atoms with van der Waals surface area (Å²) in [7, 11) is 0. The maximum atomic E-state index is 13.0. The molecule has 3 N–H and O–H groups in total. The minimum atomic E-state index is -0.526. The number of hydrogen-bond donors (Lipinski definition) is 2. The molecule has 2 aromatic rings. The van der Waals surface area contributed by atoms with Gasteiger partial charge < -0.3 is 11.1 Å². The Kier molecular flexibility index (Phi) is 3.96. The van der Waals surface area contributed by atoms with Crippen LogP contribution in [0.5, 0.6) is 0 Å². The number of carbonyl (C=O) groups excluding carboxylic acids is 1. The lowest BCUT2D eigenvalue weighted by Gasteiger charge is -2.09. The van der Waals surface area contributed by atoms with Crippen LogP contribution in [-0.4, -0.2) is 16.1 Å². The third-order valence-corrected chi connectivity index (χ3v) is 3.09. The Hall–Kier alpha value is -1.73. The van der Waals surface area contributed by atoms with E-state index in [9.17, 15) is 9.18 Å². The summed E-state index contributed by atoms with van der Waals surface area (Å²) < 4.78 is 13.4. The molecule has 0 aliphatic heterocycles. The van der Waals surface area contributed by atoms with Gasteiger partial charge in [0.15, 0.2) is 5.69 Å². The molecule has 19 heavy (non-hydrogen) atoms. The summed E-state index contributed by atoms with van der Waals surface area (Å²) in [5.41, 5.74) is 5.70. The van der Waals surface area contributed by atoms with Crippen LogP contribution in [0.25, 0.3) is 0 Å². The van der Waals surface area contributed by atoms with Crippen LogP contribution in [0.15, 0.2) is 28.7 Å². The fourth-order valence-electron chi connectivity index (χ4n) is 1.30. The average molecular weight is 346 g/mol. The molecule has 1 aromatic heterocycles. The predicted molar refractivity (Wildman–Crippen MR) is 73.5 cm³/mol. The molecule has 0 saturated heterocycles. The van der Waals surface area contributed by atoms with E-state index >= 15 is 0 Å². The Bertz CT molecular complexity index is 612. The van der Waals surface area contributed by atoms with E-state index in [-0.39, 0.29) is 22.2 Å². The van der Waals surface area contributed by atoms with Crippen molar-refractivity contribution in [3.05, 3.63) is 45.3 Å². The zero-order valence-corrected chi connectivity index (χ0v) is 11.7. The Morgan fingerprint density at radius 1 is 1.37 bits per heavy atom. The van der Waals surface area contributed by atoms with Gasteiger partial charge in [0.1, 0.15) is 11.6 Å². The number of hydrogen-bond acceptors (Lipinski definition) is 4. The highest BCUT2D eigenvalue weighted by molar-refractivity contribution is 9.10. The lowest BCUT2D eigenvalue weighted by molar-refractivity contribution is 0.102. The average Bonchev–Trinajstić information content (AvgIpc) is 2.34. The van der Waals surface area contributed by atoms with E-state index in [0.717, 1.165) is 6.07 Å². The lowest BCUT2D eigenvalue weighted by Crippen LogP contribution is -2.15. The van der Waals surface area contributed by atoms with Crippen molar-refractivity contribution in [2.24, 2.45) is 0 Å². The number of amides is 1. The molecule has 0 bridgehead atoms. The highest BCUT2D eigenvalue weighted by atomic mass is 79.9. The summed E-state index contributed by atoms with van der Waals surface area (Å²) in [6, 6.07) is 5.15. The first kappa shape index (κ1) is 13.7. The van der Waals surface area contributed by atoms with E-state index in [1.54, 1.807) is 0 Å². The highest BCUT2D eigenvalue weighted by Crippen LogP contribution is 2.31. The SMILES string of the molecule is Nc1ccc(C(=O)Nc2c(Cl)cc(F)cc2Br)nn1. The van der Waals surface area contributed by atoms with Gasteiger partial charge in [0, 0.05) is 4.47 Å². The quantitative estimate of drug-likeness (QED) is 0.877. The first-order chi connectivity index (χ1) is 8.97. The third-order valence-electron chi connectivity index (χ3n) is 2.16. The van der Waals surface area contributed by atoms with E-state index in [0.29, 0.717) is 4.47 Å². The van der Waals surface area contributed by atoms with Gasteiger partial charge in [-0.25, -0.2) is 4.39 Å². The summed E-state index contributed by atoms with van der Waals surface area (Å²) >= 11 is 8.97. The van der Waals surface area contributed by atoms with Gasteiger partial charge in [-0.05, 0) is 40.2 Å². The maximum absolute atomic E-state index is 13.0. The Morgan fingerprint density at radius 3 is 2.68 bits per heavy atom. The highest BCUT2D eigenvalue weighted by Gasteiger charge is 2.14. The number of carbonyl (C=O) groups is 1. The minimum absolute atomic E-state index is 0.0708. The van der Waals surface area contributed by atoms with Crippen molar-refractivity contribution < 1.29 is 9.18 Å². The van der Waals surface area contributed by atoms with E-state index in [4.69, 9.17) is 17.3 Å². The minimum Gasteiger partial charge on any atom is -0.382 e. The van der Waals surface area contributed by atoms with Crippen molar-refractivity contribution in [2.45, 2.75) is 0 Å². The van der Waals surface area contributed by atoms with E-state index in [1.807, 2.05) is 0 Å². The Balaban J connectivity index is 2.26. The monoisotopic (exact) mass is 344 g/mol. The number of nitrogen functional groups attached to an aromatic ring is 1. The van der Waals surface area contributed by atoms with Crippen LogP contribution in [0.4, 0.5) is 15.9 Å². The maximum Gasteiger partial charge on any atom is 0.276 e. The predicted octanol–water partition coefficient (Wildman–Crippen LogP) is 2.87. The molecule has 0 aliphatic carbocycles. The summed E-state index contributed by atoms with van der Waals surface area (Å²) in [5, 5.41) is 9.78. The second-order valence-electron chi connectivity index (χ2n) is 3.54. The normalized spacial score (nSPS) is 10.3. The molecule has 1 heterocycles. The van der Waals surface area contributed by atoms with Crippen LogP contribution in [0, 0.1) is 5.82 Å². The summed E-state index contributed by atoms with van der Waals surface area (Å²) in [4.78, 5) is 11.9. The molecule has 0 spiro atoms. The molecule has 0 saturated carbocycles. The van der Waals surface area contributed by atoms with E-state index in [2.05, 4.69) is 31.4 Å². The topological polar surface area (TPSA) is 80.9 Å². The van der Waals surface area contributed by atoms with Crippen LogP contribution in [0.1, 0.15) is 10.5 Å². The Labute approximate surface area is 121 Å². The fraction of sp³-hybridized carbons (Fsp3) is 0. The van der Waals surface area contributed by atoms with Crippen LogP contribution in [-0.2, 0) is 0 Å². The van der Waals surface area contributed by atoms with Gasteiger partial charge in [-0.3, -0.25) is 4.79 Å². The van der Waals surface area contributed by atoms with Gasteiger partial charge in [-0.1, -0.05) is 11.6 Å². The van der Waals surface area contributed by atoms with Crippen LogP contribution in [0.2, 0.25) is 5.02 Å². The van der Waals surface area contributed by atoms with Gasteiger partial charge in [-0.2, -0.15) is 0 Å². The molecule has 1 aromatic carbocycles. The fourth-order valence-corrected chi connectivity index (χ4v) is 2.20. The smallest absolute Gasteiger partial charge is 0.276 e. The number of anilines is 2. The molecule has 0 radical (unpaired) electrons. The van der Waals surface area contributed by atoms with Gasteiger partial charge in [0.05, 0.1) is 10.7 Å². The number of halogens is 3. The molecule has 5 nitrogen and oxygen atoms in total. The second-order valence-corrected chi connectivity index (χ2v) is 4.80. The molecular weight excluding hydrogens is 339 g/mol. The standard InChI is InChI=1S/C11H7BrClFN4O/c12-6-3-5(14)4-7(13)10(6)16-11(19)8-1-2-9(15)18-17-8/h1-4H,(H2,15,18)(H,16,19). The van der Waals surface area contributed by atoms with Crippen molar-refractivity contribution in [2.75, 3.05) is 11.1 Å². The van der Waals surface area contributed by atoms with Crippen LogP contribution < -0.4 is 11.1 Å². The molecule has 98 valence electrons. The summed E-state index contributed by atoms with van der Waals surface area (Å²) in [6.45, 7) is 0. The number of nitrogens with two attached hydrogens (primary N) is 1. The number of aromatic nitrogens is 2. The van der Waals surface area contributed by atoms with E-state index < -0.39 is 11.7 Å². The number of benzene rings is 1.